The smallest absolute Gasteiger partial charge is 0.106 e. The molecule has 0 amide bonds. The van der Waals surface area contributed by atoms with Crippen LogP contribution in [-0.4, -0.2) is 11.5 Å². The highest BCUT2D eigenvalue weighted by atomic mass is 79.9. The van der Waals surface area contributed by atoms with Gasteiger partial charge in [-0.3, -0.25) is 0 Å². The Morgan fingerprint density at radius 3 is 2.75 bits per heavy atom. The van der Waals surface area contributed by atoms with E-state index in [0.29, 0.717) is 4.99 Å². The molecule has 2 nitrogen and oxygen atoms in total. The van der Waals surface area contributed by atoms with Crippen molar-refractivity contribution < 1.29 is 0 Å². The van der Waals surface area contributed by atoms with Gasteiger partial charge in [0.2, 0.25) is 0 Å². The topological polar surface area (TPSA) is 38.0 Å². The van der Waals surface area contributed by atoms with E-state index in [9.17, 15) is 0 Å². The zero-order valence-electron chi connectivity index (χ0n) is 11.3. The number of anilines is 1. The normalized spacial score (nSPS) is 10.3. The summed E-state index contributed by atoms with van der Waals surface area (Å²) in [5, 5.41) is 3.41. The van der Waals surface area contributed by atoms with Gasteiger partial charge >= 0.3 is 0 Å². The lowest BCUT2D eigenvalue weighted by Crippen LogP contribution is -2.14. The molecule has 0 unspecified atom stereocenters. The van der Waals surface area contributed by atoms with Gasteiger partial charge < -0.3 is 11.1 Å². The minimum Gasteiger partial charge on any atom is -0.389 e. The van der Waals surface area contributed by atoms with Crippen LogP contribution in [0, 0.1) is 6.92 Å². The molecule has 0 atom stereocenters. The second-order valence-corrected chi connectivity index (χ2v) is 6.08. The maximum Gasteiger partial charge on any atom is 0.106 e. The van der Waals surface area contributed by atoms with Crippen LogP contribution in [0.5, 0.6) is 0 Å². The Kier molecular flexibility index (Phi) is 5.15. The number of thiocarbonyl (C=S) groups is 1. The number of halogens is 1. The van der Waals surface area contributed by atoms with Crippen LogP contribution >= 0.6 is 28.1 Å². The van der Waals surface area contributed by atoms with Crippen molar-refractivity contribution in [3.05, 3.63) is 63.6 Å². The van der Waals surface area contributed by atoms with Gasteiger partial charge in [-0.25, -0.2) is 0 Å². The Balaban J connectivity index is 2.04. The van der Waals surface area contributed by atoms with Gasteiger partial charge in [-0.15, -0.1) is 0 Å². The molecule has 2 rings (SSSR count). The van der Waals surface area contributed by atoms with Crippen molar-refractivity contribution >= 4 is 38.8 Å². The molecule has 20 heavy (non-hydrogen) atoms. The van der Waals surface area contributed by atoms with Gasteiger partial charge in [0.15, 0.2) is 0 Å². The van der Waals surface area contributed by atoms with E-state index >= 15 is 0 Å². The minimum atomic E-state index is 0.413. The van der Waals surface area contributed by atoms with Gasteiger partial charge in [0.25, 0.3) is 0 Å². The predicted molar refractivity (Wildman–Crippen MR) is 93.4 cm³/mol. The van der Waals surface area contributed by atoms with Gasteiger partial charge in [0.1, 0.15) is 4.99 Å². The first-order valence-corrected chi connectivity index (χ1v) is 7.65. The van der Waals surface area contributed by atoms with Gasteiger partial charge in [-0.2, -0.15) is 0 Å². The summed E-state index contributed by atoms with van der Waals surface area (Å²) >= 11 is 8.54. The zero-order chi connectivity index (χ0) is 14.5. The first-order chi connectivity index (χ1) is 9.56. The largest absolute Gasteiger partial charge is 0.389 e. The number of rotatable bonds is 5. The third-order valence-corrected chi connectivity index (χ3v) is 3.77. The second kappa shape index (κ2) is 6.86. The number of benzene rings is 2. The lowest BCUT2D eigenvalue weighted by atomic mass is 10.1. The molecule has 0 radical (unpaired) electrons. The molecule has 104 valence electrons. The Bertz CT molecular complexity index is 626. The van der Waals surface area contributed by atoms with Crippen LogP contribution < -0.4 is 11.1 Å². The molecule has 0 aliphatic rings. The van der Waals surface area contributed by atoms with E-state index in [1.54, 1.807) is 0 Å². The molecule has 0 aliphatic heterocycles. The molecule has 0 saturated heterocycles. The van der Waals surface area contributed by atoms with Gasteiger partial charge in [0, 0.05) is 22.3 Å². The van der Waals surface area contributed by atoms with Crippen molar-refractivity contribution in [3.8, 4) is 0 Å². The summed E-state index contributed by atoms with van der Waals surface area (Å²) in [6.45, 7) is 2.95. The molecule has 0 bridgehead atoms. The summed E-state index contributed by atoms with van der Waals surface area (Å²) < 4.78 is 1.01. The third-order valence-electron chi connectivity index (χ3n) is 3.06. The molecule has 2 aromatic rings. The maximum atomic E-state index is 5.74. The number of nitrogens with one attached hydrogen (secondary N) is 1. The van der Waals surface area contributed by atoms with Crippen LogP contribution in [0.25, 0.3) is 0 Å². The van der Waals surface area contributed by atoms with Crippen molar-refractivity contribution in [1.29, 1.82) is 0 Å². The SMILES string of the molecule is Cc1cccc(CCNc2cc(Br)ccc2C(N)=S)c1. The van der Waals surface area contributed by atoms with Crippen molar-refractivity contribution in [2.45, 2.75) is 13.3 Å². The highest BCUT2D eigenvalue weighted by Crippen LogP contribution is 2.21. The maximum absolute atomic E-state index is 5.74. The molecule has 0 aromatic heterocycles. The summed E-state index contributed by atoms with van der Waals surface area (Å²) in [7, 11) is 0. The highest BCUT2D eigenvalue weighted by Gasteiger charge is 2.05. The Labute approximate surface area is 133 Å². The predicted octanol–water partition coefficient (Wildman–Crippen LogP) is 4.05. The Morgan fingerprint density at radius 2 is 2.05 bits per heavy atom. The van der Waals surface area contributed by atoms with E-state index in [1.165, 1.54) is 11.1 Å². The Morgan fingerprint density at radius 1 is 1.25 bits per heavy atom. The summed E-state index contributed by atoms with van der Waals surface area (Å²) in [6, 6.07) is 14.4. The second-order valence-electron chi connectivity index (χ2n) is 4.72. The van der Waals surface area contributed by atoms with Gasteiger partial charge in [-0.05, 0) is 37.1 Å². The standard InChI is InChI=1S/C16H17BrN2S/c1-11-3-2-4-12(9-11)7-8-19-15-10-13(17)5-6-14(15)16(18)20/h2-6,9-10,19H,7-8H2,1H3,(H2,18,20). The van der Waals surface area contributed by atoms with Crippen molar-refractivity contribution in [1.82, 2.24) is 0 Å². The minimum absolute atomic E-state index is 0.413. The first-order valence-electron chi connectivity index (χ1n) is 6.45. The highest BCUT2D eigenvalue weighted by molar-refractivity contribution is 9.10. The molecule has 0 fully saturated rings. The average Bonchev–Trinajstić information content (AvgIpc) is 2.38. The van der Waals surface area contributed by atoms with E-state index in [0.717, 1.165) is 28.7 Å². The van der Waals surface area contributed by atoms with Crippen LogP contribution in [0.15, 0.2) is 46.9 Å². The van der Waals surface area contributed by atoms with E-state index in [2.05, 4.69) is 52.4 Å². The van der Waals surface area contributed by atoms with Crippen molar-refractivity contribution in [2.75, 3.05) is 11.9 Å². The lowest BCUT2D eigenvalue weighted by molar-refractivity contribution is 1.02. The van der Waals surface area contributed by atoms with Crippen LogP contribution in [0.3, 0.4) is 0 Å². The summed E-state index contributed by atoms with van der Waals surface area (Å²) in [4.78, 5) is 0.413. The van der Waals surface area contributed by atoms with Crippen LogP contribution in [-0.2, 0) is 6.42 Å². The fraction of sp³-hybridized carbons (Fsp3) is 0.188. The fourth-order valence-electron chi connectivity index (χ4n) is 2.09. The molecular weight excluding hydrogens is 332 g/mol. The fourth-order valence-corrected chi connectivity index (χ4v) is 2.63. The number of hydrogen-bond acceptors (Lipinski definition) is 2. The van der Waals surface area contributed by atoms with Crippen LogP contribution in [0.2, 0.25) is 0 Å². The third kappa shape index (κ3) is 4.05. The zero-order valence-corrected chi connectivity index (χ0v) is 13.7. The van der Waals surface area contributed by atoms with E-state index in [-0.39, 0.29) is 0 Å². The summed E-state index contributed by atoms with van der Waals surface area (Å²) in [6.07, 6.45) is 0.963. The molecule has 0 spiro atoms. The Hall–Kier alpha value is -1.39. The van der Waals surface area contributed by atoms with Gasteiger partial charge in [0.05, 0.1) is 0 Å². The molecule has 3 N–H and O–H groups in total. The molecule has 2 aromatic carbocycles. The van der Waals surface area contributed by atoms with E-state index in [1.807, 2.05) is 18.2 Å². The number of aryl methyl sites for hydroxylation is 1. The molecule has 0 saturated carbocycles. The molecule has 4 heteroatoms. The number of hydrogen-bond donors (Lipinski definition) is 2. The molecule has 0 heterocycles. The van der Waals surface area contributed by atoms with E-state index < -0.39 is 0 Å². The lowest BCUT2D eigenvalue weighted by Gasteiger charge is -2.12. The summed E-state index contributed by atoms with van der Waals surface area (Å²) in [5.41, 5.74) is 10.2. The number of nitrogens with two attached hydrogens (primary N) is 1. The molecule has 0 aliphatic carbocycles. The van der Waals surface area contributed by atoms with Crippen LogP contribution in [0.4, 0.5) is 5.69 Å². The summed E-state index contributed by atoms with van der Waals surface area (Å²) in [5.74, 6) is 0. The first kappa shape index (κ1) is 15.0. The van der Waals surface area contributed by atoms with Crippen molar-refractivity contribution in [3.63, 3.8) is 0 Å². The van der Waals surface area contributed by atoms with Gasteiger partial charge in [-0.1, -0.05) is 58.0 Å². The van der Waals surface area contributed by atoms with E-state index in [4.69, 9.17) is 18.0 Å². The van der Waals surface area contributed by atoms with Crippen molar-refractivity contribution in [2.24, 2.45) is 5.73 Å². The quantitative estimate of drug-likeness (QED) is 0.800. The average molecular weight is 349 g/mol. The molecular formula is C16H17BrN2S. The van der Waals surface area contributed by atoms with Crippen LogP contribution in [0.1, 0.15) is 16.7 Å². The monoisotopic (exact) mass is 348 g/mol.